The van der Waals surface area contributed by atoms with E-state index in [2.05, 4.69) is 0 Å². The molecule has 4 nitrogen and oxygen atoms in total. The maximum absolute atomic E-state index is 9.27. The molecule has 0 spiro atoms. The molecule has 0 bridgehead atoms. The fraction of sp³-hybridized carbons (Fsp3) is 0.333. The molecule has 1 aromatic carbocycles. The molecule has 72 valence electrons. The van der Waals surface area contributed by atoms with Gasteiger partial charge in [0.1, 0.15) is 0 Å². The smallest absolute Gasteiger partial charge is 0.160 e. The van der Waals surface area contributed by atoms with Gasteiger partial charge in [-0.2, -0.15) is 5.06 Å². The number of hydroxylamine groups is 2. The molecule has 0 saturated carbocycles. The molecule has 0 fully saturated rings. The van der Waals surface area contributed by atoms with Crippen molar-refractivity contribution >= 4 is 0 Å². The Balaban J connectivity index is 2.86. The molecule has 0 unspecified atom stereocenters. The number of methoxy groups -OCH3 is 1. The summed E-state index contributed by atoms with van der Waals surface area (Å²) >= 11 is 0. The Hall–Kier alpha value is -1.26. The third-order valence-corrected chi connectivity index (χ3v) is 1.66. The molecule has 0 aliphatic rings. The number of phenols is 1. The van der Waals surface area contributed by atoms with Gasteiger partial charge in [-0.05, 0) is 17.7 Å². The van der Waals surface area contributed by atoms with Crippen LogP contribution in [0.15, 0.2) is 18.2 Å². The number of rotatable bonds is 3. The van der Waals surface area contributed by atoms with Crippen LogP contribution in [0.25, 0.3) is 0 Å². The van der Waals surface area contributed by atoms with Crippen LogP contribution in [0.1, 0.15) is 5.56 Å². The maximum atomic E-state index is 9.27. The number of nitrogens with zero attached hydrogens (tertiary/aromatic N) is 1. The number of hydrogen-bond donors (Lipinski definition) is 2. The Morgan fingerprint density at radius 3 is 2.69 bits per heavy atom. The summed E-state index contributed by atoms with van der Waals surface area (Å²) < 4.78 is 4.92. The van der Waals surface area contributed by atoms with Gasteiger partial charge in [0.05, 0.1) is 7.11 Å². The Morgan fingerprint density at radius 1 is 1.46 bits per heavy atom. The largest absolute Gasteiger partial charge is 0.504 e. The van der Waals surface area contributed by atoms with Gasteiger partial charge >= 0.3 is 0 Å². The summed E-state index contributed by atoms with van der Waals surface area (Å²) in [6, 6.07) is 4.95. The average molecular weight is 183 g/mol. The predicted molar refractivity (Wildman–Crippen MR) is 47.9 cm³/mol. The Bertz CT molecular complexity index is 286. The number of benzene rings is 1. The lowest BCUT2D eigenvalue weighted by Crippen LogP contribution is -2.11. The van der Waals surface area contributed by atoms with Crippen LogP contribution in [0.3, 0.4) is 0 Å². The zero-order valence-corrected chi connectivity index (χ0v) is 7.69. The third-order valence-electron chi connectivity index (χ3n) is 1.66. The monoisotopic (exact) mass is 183 g/mol. The van der Waals surface area contributed by atoms with Gasteiger partial charge in [0.15, 0.2) is 11.5 Å². The first-order chi connectivity index (χ1) is 6.13. The van der Waals surface area contributed by atoms with E-state index < -0.39 is 0 Å². The predicted octanol–water partition coefficient (Wildman–Crippen LogP) is 1.22. The summed E-state index contributed by atoms with van der Waals surface area (Å²) in [5.41, 5.74) is 0.875. The Labute approximate surface area is 76.9 Å². The van der Waals surface area contributed by atoms with E-state index in [1.165, 1.54) is 13.2 Å². The summed E-state index contributed by atoms with van der Waals surface area (Å²) in [6.07, 6.45) is 0. The molecule has 1 rings (SSSR count). The van der Waals surface area contributed by atoms with Crippen LogP contribution in [-0.4, -0.2) is 29.5 Å². The van der Waals surface area contributed by atoms with Gasteiger partial charge in [-0.1, -0.05) is 6.07 Å². The molecule has 0 heterocycles. The van der Waals surface area contributed by atoms with Gasteiger partial charge in [0.2, 0.25) is 0 Å². The molecule has 0 aliphatic heterocycles. The fourth-order valence-electron chi connectivity index (χ4n) is 1.08. The standard InChI is InChI=1S/C9H13NO3/c1-10(12)6-7-3-4-8(11)9(5-7)13-2/h3-5,11-12H,6H2,1-2H3. The van der Waals surface area contributed by atoms with Crippen LogP contribution in [-0.2, 0) is 6.54 Å². The third kappa shape index (κ3) is 2.61. The van der Waals surface area contributed by atoms with E-state index in [0.717, 1.165) is 10.6 Å². The molecule has 1 aromatic rings. The molecule has 4 heteroatoms. The van der Waals surface area contributed by atoms with Gasteiger partial charge in [0.25, 0.3) is 0 Å². The normalized spacial score (nSPS) is 10.5. The second-order valence-corrected chi connectivity index (χ2v) is 2.82. The molecule has 0 aromatic heterocycles. The van der Waals surface area contributed by atoms with E-state index in [4.69, 9.17) is 9.94 Å². The van der Waals surface area contributed by atoms with Crippen LogP contribution < -0.4 is 4.74 Å². The van der Waals surface area contributed by atoms with E-state index in [-0.39, 0.29) is 5.75 Å². The molecular formula is C9H13NO3. The van der Waals surface area contributed by atoms with Crippen LogP contribution in [0.4, 0.5) is 0 Å². The van der Waals surface area contributed by atoms with Gasteiger partial charge in [-0.25, -0.2) is 0 Å². The lowest BCUT2D eigenvalue weighted by atomic mass is 10.2. The highest BCUT2D eigenvalue weighted by molar-refractivity contribution is 5.41. The molecule has 0 saturated heterocycles. The van der Waals surface area contributed by atoms with Crippen molar-refractivity contribution in [1.29, 1.82) is 0 Å². The highest BCUT2D eigenvalue weighted by atomic mass is 16.5. The number of aromatic hydroxyl groups is 1. The molecule has 0 radical (unpaired) electrons. The van der Waals surface area contributed by atoms with E-state index in [9.17, 15) is 5.11 Å². The van der Waals surface area contributed by atoms with Gasteiger partial charge in [-0.15, -0.1) is 0 Å². The first kappa shape index (κ1) is 9.83. The van der Waals surface area contributed by atoms with Crippen molar-refractivity contribution in [3.63, 3.8) is 0 Å². The van der Waals surface area contributed by atoms with Crippen LogP contribution in [0.2, 0.25) is 0 Å². The maximum Gasteiger partial charge on any atom is 0.160 e. The highest BCUT2D eigenvalue weighted by Crippen LogP contribution is 2.26. The second-order valence-electron chi connectivity index (χ2n) is 2.82. The topological polar surface area (TPSA) is 52.9 Å². The molecule has 0 atom stereocenters. The van der Waals surface area contributed by atoms with Crippen molar-refractivity contribution < 1.29 is 15.1 Å². The number of phenolic OH excluding ortho intramolecular Hbond substituents is 1. The van der Waals surface area contributed by atoms with Crippen molar-refractivity contribution in [3.05, 3.63) is 23.8 Å². The van der Waals surface area contributed by atoms with Gasteiger partial charge in [-0.3, -0.25) is 0 Å². The highest BCUT2D eigenvalue weighted by Gasteiger charge is 2.03. The zero-order chi connectivity index (χ0) is 9.84. The molecular weight excluding hydrogens is 170 g/mol. The summed E-state index contributed by atoms with van der Waals surface area (Å²) in [6.45, 7) is 0.399. The van der Waals surface area contributed by atoms with Crippen molar-refractivity contribution in [3.8, 4) is 11.5 Å². The van der Waals surface area contributed by atoms with E-state index in [0.29, 0.717) is 12.3 Å². The minimum absolute atomic E-state index is 0.104. The first-order valence-corrected chi connectivity index (χ1v) is 3.89. The van der Waals surface area contributed by atoms with Gasteiger partial charge < -0.3 is 15.1 Å². The minimum Gasteiger partial charge on any atom is -0.504 e. The lowest BCUT2D eigenvalue weighted by molar-refractivity contribution is -0.0731. The average Bonchev–Trinajstić information content (AvgIpc) is 2.07. The molecule has 0 aliphatic carbocycles. The number of hydrogen-bond acceptors (Lipinski definition) is 4. The Morgan fingerprint density at radius 2 is 2.15 bits per heavy atom. The van der Waals surface area contributed by atoms with Crippen molar-refractivity contribution in [2.75, 3.05) is 14.2 Å². The molecule has 13 heavy (non-hydrogen) atoms. The first-order valence-electron chi connectivity index (χ1n) is 3.89. The quantitative estimate of drug-likeness (QED) is 0.692. The SMILES string of the molecule is COc1cc(CN(C)O)ccc1O. The number of ether oxygens (including phenoxy) is 1. The second kappa shape index (κ2) is 4.11. The van der Waals surface area contributed by atoms with Crippen molar-refractivity contribution in [2.45, 2.75) is 6.54 Å². The van der Waals surface area contributed by atoms with Crippen molar-refractivity contribution in [2.24, 2.45) is 0 Å². The summed E-state index contributed by atoms with van der Waals surface area (Å²) in [7, 11) is 3.04. The minimum atomic E-state index is 0.104. The Kier molecular flexibility index (Phi) is 3.11. The van der Waals surface area contributed by atoms with Gasteiger partial charge in [0, 0.05) is 13.6 Å². The lowest BCUT2D eigenvalue weighted by Gasteiger charge is -2.09. The molecule has 0 amide bonds. The summed E-state index contributed by atoms with van der Waals surface area (Å²) in [4.78, 5) is 0. The zero-order valence-electron chi connectivity index (χ0n) is 7.69. The summed E-state index contributed by atoms with van der Waals surface area (Å²) in [5.74, 6) is 0.520. The van der Waals surface area contributed by atoms with Crippen molar-refractivity contribution in [1.82, 2.24) is 5.06 Å². The van der Waals surface area contributed by atoms with E-state index in [1.54, 1.807) is 19.2 Å². The fourth-order valence-corrected chi connectivity index (χ4v) is 1.08. The molecule has 2 N–H and O–H groups in total. The van der Waals surface area contributed by atoms with Crippen LogP contribution >= 0.6 is 0 Å². The van der Waals surface area contributed by atoms with Crippen LogP contribution in [0, 0.1) is 0 Å². The van der Waals surface area contributed by atoms with E-state index in [1.807, 2.05) is 0 Å². The summed E-state index contributed by atoms with van der Waals surface area (Å²) in [5, 5.41) is 19.3. The van der Waals surface area contributed by atoms with E-state index >= 15 is 0 Å². The van der Waals surface area contributed by atoms with Crippen LogP contribution in [0.5, 0.6) is 11.5 Å².